The van der Waals surface area contributed by atoms with Crippen LogP contribution in [0.4, 0.5) is 5.69 Å². The average molecular weight is 532 g/mol. The van der Waals surface area contributed by atoms with Crippen molar-refractivity contribution in [3.8, 4) is 5.75 Å². The van der Waals surface area contributed by atoms with Gasteiger partial charge in [-0.2, -0.15) is 0 Å². The number of ether oxygens (including phenoxy) is 1. The minimum Gasteiger partial charge on any atom is -0.494 e. The van der Waals surface area contributed by atoms with Crippen LogP contribution in [0.15, 0.2) is 48.5 Å². The summed E-state index contributed by atoms with van der Waals surface area (Å²) in [6.07, 6.45) is 2.87. The number of carbonyl (C=O) groups excluding carboxylic acids is 2. The molecule has 37 heavy (non-hydrogen) atoms. The normalized spacial score (nSPS) is 12.0. The Morgan fingerprint density at radius 3 is 2.19 bits per heavy atom. The van der Waals surface area contributed by atoms with E-state index in [2.05, 4.69) is 5.32 Å². The summed E-state index contributed by atoms with van der Waals surface area (Å²) in [5, 5.41) is 2.91. The second kappa shape index (κ2) is 14.6. The lowest BCUT2D eigenvalue weighted by Gasteiger charge is -2.31. The number of amides is 2. The second-order valence-corrected chi connectivity index (χ2v) is 11.0. The van der Waals surface area contributed by atoms with Crippen molar-refractivity contribution in [2.45, 2.75) is 66.0 Å². The first-order valence-corrected chi connectivity index (χ1v) is 14.8. The lowest BCUT2D eigenvalue weighted by Crippen LogP contribution is -2.49. The predicted molar refractivity (Wildman–Crippen MR) is 148 cm³/mol. The first-order valence-electron chi connectivity index (χ1n) is 12.9. The molecule has 1 unspecified atom stereocenters. The molecular weight excluding hydrogens is 490 g/mol. The predicted octanol–water partition coefficient (Wildman–Crippen LogP) is 4.27. The molecule has 2 aromatic carbocycles. The van der Waals surface area contributed by atoms with E-state index < -0.39 is 16.1 Å². The maximum Gasteiger partial charge on any atom is 0.242 e. The third-order valence-corrected chi connectivity index (χ3v) is 7.19. The number of aryl methyl sites for hydroxylation is 1. The maximum atomic E-state index is 13.4. The number of nitrogens with zero attached hydrogens (tertiary/aromatic N) is 2. The zero-order chi connectivity index (χ0) is 27.4. The molecule has 0 aliphatic heterocycles. The minimum absolute atomic E-state index is 0.118. The molecule has 1 N–H and O–H groups in total. The van der Waals surface area contributed by atoms with Crippen LogP contribution in [-0.2, 0) is 26.2 Å². The summed E-state index contributed by atoms with van der Waals surface area (Å²) in [6, 6.07) is 14.1. The Morgan fingerprint density at radius 2 is 1.65 bits per heavy atom. The Balaban J connectivity index is 2.18. The van der Waals surface area contributed by atoms with Gasteiger partial charge in [0.2, 0.25) is 21.8 Å². The van der Waals surface area contributed by atoms with Gasteiger partial charge in [0.05, 0.1) is 18.6 Å². The first kappa shape index (κ1) is 30.2. The van der Waals surface area contributed by atoms with Crippen LogP contribution in [0.3, 0.4) is 0 Å². The van der Waals surface area contributed by atoms with Gasteiger partial charge in [0, 0.05) is 26.1 Å². The highest BCUT2D eigenvalue weighted by Crippen LogP contribution is 2.23. The topological polar surface area (TPSA) is 96.0 Å². The van der Waals surface area contributed by atoms with Gasteiger partial charge in [-0.25, -0.2) is 8.42 Å². The SMILES string of the molecule is CCCNC(=O)C(CC)N(Cc1ccc(C)cc1)C(=O)CCCN(c1ccc(OCC)cc1)S(C)(=O)=O. The Bertz CT molecular complexity index is 1100. The van der Waals surface area contributed by atoms with E-state index in [1.54, 1.807) is 29.2 Å². The van der Waals surface area contributed by atoms with Crippen LogP contribution in [0.5, 0.6) is 5.75 Å². The van der Waals surface area contributed by atoms with Crippen LogP contribution in [0.2, 0.25) is 0 Å². The van der Waals surface area contributed by atoms with Gasteiger partial charge in [-0.3, -0.25) is 13.9 Å². The van der Waals surface area contributed by atoms with Gasteiger partial charge in [-0.1, -0.05) is 43.7 Å². The van der Waals surface area contributed by atoms with Gasteiger partial charge in [-0.15, -0.1) is 0 Å². The van der Waals surface area contributed by atoms with Crippen LogP contribution in [0, 0.1) is 6.92 Å². The molecule has 0 aromatic heterocycles. The zero-order valence-electron chi connectivity index (χ0n) is 22.7. The summed E-state index contributed by atoms with van der Waals surface area (Å²) in [7, 11) is -3.56. The van der Waals surface area contributed by atoms with Crippen LogP contribution < -0.4 is 14.4 Å². The number of anilines is 1. The number of carbonyl (C=O) groups is 2. The van der Waals surface area contributed by atoms with Crippen LogP contribution in [0.1, 0.15) is 57.6 Å². The standard InChI is InChI=1S/C28H41N3O5S/c1-6-19-29-28(33)26(7-2)30(21-23-13-11-22(4)12-14-23)27(32)10-9-20-31(37(5,34)35)24-15-17-25(18-16-24)36-8-3/h11-18,26H,6-10,19-21H2,1-5H3,(H,29,33). The molecule has 0 radical (unpaired) electrons. The molecule has 204 valence electrons. The smallest absolute Gasteiger partial charge is 0.242 e. The number of sulfonamides is 1. The molecule has 1 atom stereocenters. The molecule has 9 heteroatoms. The fraction of sp³-hybridized carbons (Fsp3) is 0.500. The number of benzene rings is 2. The summed E-state index contributed by atoms with van der Waals surface area (Å²) in [6.45, 7) is 9.28. The van der Waals surface area contributed by atoms with Crippen molar-refractivity contribution in [3.63, 3.8) is 0 Å². The van der Waals surface area contributed by atoms with E-state index >= 15 is 0 Å². The monoisotopic (exact) mass is 531 g/mol. The van der Waals surface area contributed by atoms with Crippen LogP contribution >= 0.6 is 0 Å². The fourth-order valence-electron chi connectivity index (χ4n) is 4.05. The second-order valence-electron chi connectivity index (χ2n) is 9.09. The summed E-state index contributed by atoms with van der Waals surface area (Å²) >= 11 is 0. The van der Waals surface area contributed by atoms with Gasteiger partial charge in [0.15, 0.2) is 0 Å². The van der Waals surface area contributed by atoms with Crippen molar-refractivity contribution in [3.05, 3.63) is 59.7 Å². The quantitative estimate of drug-likeness (QED) is 0.370. The molecule has 8 nitrogen and oxygen atoms in total. The molecule has 2 aromatic rings. The summed E-state index contributed by atoms with van der Waals surface area (Å²) in [4.78, 5) is 28.0. The van der Waals surface area contributed by atoms with Crippen molar-refractivity contribution in [1.82, 2.24) is 10.2 Å². The third-order valence-electron chi connectivity index (χ3n) is 6.00. The molecule has 0 aliphatic rings. The summed E-state index contributed by atoms with van der Waals surface area (Å²) in [5.74, 6) is 0.310. The Kier molecular flexibility index (Phi) is 11.9. The molecule has 0 saturated heterocycles. The Morgan fingerprint density at radius 1 is 1.00 bits per heavy atom. The molecule has 0 aliphatic carbocycles. The number of hydrogen-bond acceptors (Lipinski definition) is 5. The van der Waals surface area contributed by atoms with E-state index in [0.29, 0.717) is 44.0 Å². The molecule has 0 fully saturated rings. The van der Waals surface area contributed by atoms with E-state index in [4.69, 9.17) is 4.74 Å². The number of rotatable bonds is 15. The van der Waals surface area contributed by atoms with Gasteiger partial charge >= 0.3 is 0 Å². The van der Waals surface area contributed by atoms with E-state index in [0.717, 1.165) is 23.8 Å². The molecule has 2 rings (SSSR count). The fourth-order valence-corrected chi connectivity index (χ4v) is 5.02. The van der Waals surface area contributed by atoms with Crippen LogP contribution in [0.25, 0.3) is 0 Å². The first-order chi connectivity index (χ1) is 17.6. The number of hydrogen-bond donors (Lipinski definition) is 1. The highest BCUT2D eigenvalue weighted by molar-refractivity contribution is 7.92. The molecular formula is C28H41N3O5S. The average Bonchev–Trinajstić information content (AvgIpc) is 2.86. The van der Waals surface area contributed by atoms with Crippen molar-refractivity contribution in [2.24, 2.45) is 0 Å². The van der Waals surface area contributed by atoms with E-state index in [1.807, 2.05) is 52.0 Å². The molecule has 0 saturated carbocycles. The molecule has 0 bridgehead atoms. The van der Waals surface area contributed by atoms with Crippen molar-refractivity contribution >= 4 is 27.5 Å². The Labute approximate surface area is 222 Å². The van der Waals surface area contributed by atoms with Crippen molar-refractivity contribution < 1.29 is 22.7 Å². The minimum atomic E-state index is -3.56. The highest BCUT2D eigenvalue weighted by Gasteiger charge is 2.28. The largest absolute Gasteiger partial charge is 0.494 e. The van der Waals surface area contributed by atoms with Crippen molar-refractivity contribution in [2.75, 3.05) is 30.3 Å². The lowest BCUT2D eigenvalue weighted by molar-refractivity contribution is -0.141. The molecule has 0 spiro atoms. The van der Waals surface area contributed by atoms with Gasteiger partial charge in [0.25, 0.3) is 0 Å². The van der Waals surface area contributed by atoms with E-state index in [9.17, 15) is 18.0 Å². The lowest BCUT2D eigenvalue weighted by atomic mass is 10.1. The van der Waals surface area contributed by atoms with Gasteiger partial charge < -0.3 is 15.0 Å². The Hall–Kier alpha value is -3.07. The van der Waals surface area contributed by atoms with Crippen molar-refractivity contribution in [1.29, 1.82) is 0 Å². The maximum absolute atomic E-state index is 13.4. The molecule has 2 amide bonds. The van der Waals surface area contributed by atoms with Crippen LogP contribution in [-0.4, -0.2) is 57.1 Å². The highest BCUT2D eigenvalue weighted by atomic mass is 32.2. The summed E-state index contributed by atoms with van der Waals surface area (Å²) in [5.41, 5.74) is 2.57. The number of nitrogens with one attached hydrogen (secondary N) is 1. The van der Waals surface area contributed by atoms with Gasteiger partial charge in [-0.05, 0) is 62.9 Å². The summed E-state index contributed by atoms with van der Waals surface area (Å²) < 4.78 is 31.8. The van der Waals surface area contributed by atoms with E-state index in [1.165, 1.54) is 4.31 Å². The molecule has 0 heterocycles. The third kappa shape index (κ3) is 9.39. The zero-order valence-corrected chi connectivity index (χ0v) is 23.5. The van der Waals surface area contributed by atoms with E-state index in [-0.39, 0.29) is 24.8 Å². The van der Waals surface area contributed by atoms with Gasteiger partial charge in [0.1, 0.15) is 11.8 Å².